The minimum atomic E-state index is -0.235. The molecule has 0 aliphatic carbocycles. The third-order valence-electron chi connectivity index (χ3n) is 3.02. The molecule has 2 heterocycles. The van der Waals surface area contributed by atoms with E-state index in [0.717, 1.165) is 29.8 Å². The lowest BCUT2D eigenvalue weighted by Crippen LogP contribution is -2.31. The zero-order chi connectivity index (χ0) is 13.7. The summed E-state index contributed by atoms with van der Waals surface area (Å²) in [6.45, 7) is 3.99. The van der Waals surface area contributed by atoms with E-state index < -0.39 is 0 Å². The van der Waals surface area contributed by atoms with Crippen LogP contribution in [-0.2, 0) is 9.53 Å². The van der Waals surface area contributed by atoms with Gasteiger partial charge in [-0.05, 0) is 32.3 Å². The number of nitrogens with zero attached hydrogens (tertiary/aromatic N) is 3. The van der Waals surface area contributed by atoms with Crippen LogP contribution in [0.2, 0.25) is 0 Å². The van der Waals surface area contributed by atoms with Crippen LogP contribution in [0.3, 0.4) is 0 Å². The summed E-state index contributed by atoms with van der Waals surface area (Å²) in [5.41, 5.74) is 0.933. The number of hydrogen-bond acceptors (Lipinski definition) is 6. The van der Waals surface area contributed by atoms with Gasteiger partial charge in [-0.1, -0.05) is 11.8 Å². The minimum Gasteiger partial charge on any atom is -0.468 e. The number of carbonyl (C=O) groups is 1. The Hall–Kier alpha value is -1.30. The summed E-state index contributed by atoms with van der Waals surface area (Å²) in [5, 5.41) is 0.832. The Balaban J connectivity index is 2.07. The van der Waals surface area contributed by atoms with Crippen molar-refractivity contribution in [1.82, 2.24) is 9.97 Å². The molecule has 0 spiro atoms. The lowest BCUT2D eigenvalue weighted by atomic mass is 10.1. The first-order valence-electron chi connectivity index (χ1n) is 6.49. The number of aryl methyl sites for hydroxylation is 1. The predicted octanol–water partition coefficient (Wildman–Crippen LogP) is 2.04. The second-order valence-corrected chi connectivity index (χ2v) is 5.56. The summed E-state index contributed by atoms with van der Waals surface area (Å²) < 4.78 is 4.64. The molecule has 0 aromatic carbocycles. The van der Waals surface area contributed by atoms with Crippen molar-refractivity contribution < 1.29 is 9.53 Å². The number of ether oxygens (including phenoxy) is 1. The van der Waals surface area contributed by atoms with Gasteiger partial charge in [0, 0.05) is 18.8 Å². The fourth-order valence-corrected chi connectivity index (χ4v) is 2.81. The third-order valence-corrected chi connectivity index (χ3v) is 3.91. The number of rotatable bonds is 4. The van der Waals surface area contributed by atoms with Gasteiger partial charge in [-0.15, -0.1) is 0 Å². The van der Waals surface area contributed by atoms with E-state index in [-0.39, 0.29) is 11.7 Å². The summed E-state index contributed by atoms with van der Waals surface area (Å²) in [5.74, 6) is 0.833. The highest BCUT2D eigenvalue weighted by Crippen LogP contribution is 2.21. The van der Waals surface area contributed by atoms with Gasteiger partial charge in [-0.2, -0.15) is 0 Å². The number of esters is 1. The van der Waals surface area contributed by atoms with Gasteiger partial charge in [0.1, 0.15) is 5.03 Å². The average Bonchev–Trinajstić information content (AvgIpc) is 2.45. The van der Waals surface area contributed by atoms with Crippen LogP contribution in [-0.4, -0.2) is 41.9 Å². The van der Waals surface area contributed by atoms with Gasteiger partial charge in [0.2, 0.25) is 5.95 Å². The standard InChI is InChI=1S/C13H19N3O2S/c1-10-8-11(19-9-12(17)18-2)15-13(14-10)16-6-4-3-5-7-16/h8H,3-7,9H2,1-2H3. The number of methoxy groups -OCH3 is 1. The topological polar surface area (TPSA) is 55.3 Å². The second kappa shape index (κ2) is 6.75. The van der Waals surface area contributed by atoms with Crippen molar-refractivity contribution in [2.75, 3.05) is 30.9 Å². The molecular weight excluding hydrogens is 262 g/mol. The molecule has 0 bridgehead atoms. The Labute approximate surface area is 117 Å². The Bertz CT molecular complexity index is 448. The van der Waals surface area contributed by atoms with Gasteiger partial charge >= 0.3 is 5.97 Å². The molecule has 1 saturated heterocycles. The molecule has 0 saturated carbocycles. The molecule has 0 amide bonds. The van der Waals surface area contributed by atoms with Gasteiger partial charge in [0.05, 0.1) is 12.9 Å². The van der Waals surface area contributed by atoms with Gasteiger partial charge in [-0.3, -0.25) is 4.79 Å². The molecule has 0 unspecified atom stereocenters. The monoisotopic (exact) mass is 281 g/mol. The highest BCUT2D eigenvalue weighted by Gasteiger charge is 2.15. The number of carbonyl (C=O) groups excluding carboxylic acids is 1. The number of aromatic nitrogens is 2. The molecule has 1 aromatic rings. The fourth-order valence-electron chi connectivity index (χ4n) is 2.03. The van der Waals surface area contributed by atoms with E-state index in [4.69, 9.17) is 0 Å². The SMILES string of the molecule is COC(=O)CSc1cc(C)nc(N2CCCCC2)n1. The maximum atomic E-state index is 11.2. The van der Waals surface area contributed by atoms with Gasteiger partial charge in [0.25, 0.3) is 0 Å². The first-order valence-corrected chi connectivity index (χ1v) is 7.48. The van der Waals surface area contributed by atoms with E-state index in [1.807, 2.05) is 13.0 Å². The smallest absolute Gasteiger partial charge is 0.316 e. The fraction of sp³-hybridized carbons (Fsp3) is 0.615. The van der Waals surface area contributed by atoms with Crippen LogP contribution in [0.25, 0.3) is 0 Å². The summed E-state index contributed by atoms with van der Waals surface area (Å²) in [7, 11) is 1.40. The van der Waals surface area contributed by atoms with Crippen LogP contribution >= 0.6 is 11.8 Å². The van der Waals surface area contributed by atoms with Crippen molar-refractivity contribution in [1.29, 1.82) is 0 Å². The van der Waals surface area contributed by atoms with Crippen LogP contribution < -0.4 is 4.90 Å². The van der Waals surface area contributed by atoms with Crippen molar-refractivity contribution in [3.8, 4) is 0 Å². The quantitative estimate of drug-likeness (QED) is 0.478. The minimum absolute atomic E-state index is 0.235. The summed E-state index contributed by atoms with van der Waals surface area (Å²) in [4.78, 5) is 22.4. The maximum Gasteiger partial charge on any atom is 0.316 e. The highest BCUT2D eigenvalue weighted by molar-refractivity contribution is 7.99. The van der Waals surface area contributed by atoms with E-state index in [1.54, 1.807) is 0 Å². The zero-order valence-electron chi connectivity index (χ0n) is 11.4. The van der Waals surface area contributed by atoms with E-state index in [0.29, 0.717) is 0 Å². The van der Waals surface area contributed by atoms with Crippen molar-refractivity contribution in [2.45, 2.75) is 31.2 Å². The van der Waals surface area contributed by atoms with Gasteiger partial charge in [0.15, 0.2) is 0 Å². The molecule has 1 aliphatic rings. The van der Waals surface area contributed by atoms with Crippen LogP contribution in [0.4, 0.5) is 5.95 Å². The average molecular weight is 281 g/mol. The molecule has 104 valence electrons. The van der Waals surface area contributed by atoms with Gasteiger partial charge in [-0.25, -0.2) is 9.97 Å². The summed E-state index contributed by atoms with van der Waals surface area (Å²) >= 11 is 1.39. The largest absolute Gasteiger partial charge is 0.468 e. The summed E-state index contributed by atoms with van der Waals surface area (Å²) in [6, 6.07) is 1.90. The van der Waals surface area contributed by atoms with Crippen molar-refractivity contribution >= 4 is 23.7 Å². The van der Waals surface area contributed by atoms with Crippen LogP contribution in [0.1, 0.15) is 25.0 Å². The molecule has 1 aromatic heterocycles. The van der Waals surface area contributed by atoms with Crippen LogP contribution in [0.15, 0.2) is 11.1 Å². The van der Waals surface area contributed by atoms with Crippen LogP contribution in [0, 0.1) is 6.92 Å². The molecule has 5 nitrogen and oxygen atoms in total. The molecule has 1 aliphatic heterocycles. The summed E-state index contributed by atoms with van der Waals surface area (Å²) in [6.07, 6.45) is 3.68. The molecule has 2 rings (SSSR count). The maximum absolute atomic E-state index is 11.2. The van der Waals surface area contributed by atoms with E-state index in [9.17, 15) is 4.79 Å². The van der Waals surface area contributed by atoms with E-state index >= 15 is 0 Å². The lowest BCUT2D eigenvalue weighted by Gasteiger charge is -2.27. The number of thioether (sulfide) groups is 1. The number of piperidine rings is 1. The Morgan fingerprint density at radius 2 is 2.11 bits per heavy atom. The normalized spacial score (nSPS) is 15.4. The first kappa shape index (κ1) is 14.1. The molecule has 0 radical (unpaired) electrons. The molecule has 0 atom stereocenters. The predicted molar refractivity (Wildman–Crippen MR) is 75.6 cm³/mol. The molecular formula is C13H19N3O2S. The third kappa shape index (κ3) is 4.09. The molecule has 6 heteroatoms. The Kier molecular flexibility index (Phi) is 5.01. The number of hydrogen-bond donors (Lipinski definition) is 0. The molecule has 1 fully saturated rings. The molecule has 0 N–H and O–H groups in total. The van der Waals surface area contributed by atoms with Crippen molar-refractivity contribution in [3.63, 3.8) is 0 Å². The van der Waals surface area contributed by atoms with E-state index in [1.165, 1.54) is 38.1 Å². The van der Waals surface area contributed by atoms with Crippen LogP contribution in [0.5, 0.6) is 0 Å². The highest BCUT2D eigenvalue weighted by atomic mass is 32.2. The lowest BCUT2D eigenvalue weighted by molar-refractivity contribution is -0.137. The van der Waals surface area contributed by atoms with Gasteiger partial charge < -0.3 is 9.64 Å². The van der Waals surface area contributed by atoms with Crippen molar-refractivity contribution in [2.24, 2.45) is 0 Å². The number of anilines is 1. The first-order chi connectivity index (χ1) is 9.19. The van der Waals surface area contributed by atoms with Crippen molar-refractivity contribution in [3.05, 3.63) is 11.8 Å². The zero-order valence-corrected chi connectivity index (χ0v) is 12.2. The Morgan fingerprint density at radius 1 is 1.37 bits per heavy atom. The second-order valence-electron chi connectivity index (χ2n) is 4.56. The Morgan fingerprint density at radius 3 is 2.79 bits per heavy atom. The van der Waals surface area contributed by atoms with E-state index in [2.05, 4.69) is 19.6 Å². The molecule has 19 heavy (non-hydrogen) atoms.